The fraction of sp³-hybridized carbons (Fsp3) is 0.174. The summed E-state index contributed by atoms with van der Waals surface area (Å²) in [6.07, 6.45) is 0. The first-order valence-corrected chi connectivity index (χ1v) is 11.0. The van der Waals surface area contributed by atoms with Crippen LogP contribution in [0, 0.1) is 13.8 Å². The topological polar surface area (TPSA) is 84.5 Å². The highest BCUT2D eigenvalue weighted by atomic mass is 32.2. The summed E-state index contributed by atoms with van der Waals surface area (Å²) in [5.41, 5.74) is 3.59. The van der Waals surface area contributed by atoms with Gasteiger partial charge in [-0.25, -0.2) is 13.1 Å². The van der Waals surface area contributed by atoms with Gasteiger partial charge in [0.05, 0.1) is 4.90 Å². The van der Waals surface area contributed by atoms with Gasteiger partial charge in [-0.2, -0.15) is 0 Å². The molecule has 0 atom stereocenters. The molecule has 0 fully saturated rings. The molecule has 7 heteroatoms. The van der Waals surface area contributed by atoms with Gasteiger partial charge in [0.1, 0.15) is 5.75 Å². The Balaban J connectivity index is 1.55. The van der Waals surface area contributed by atoms with Gasteiger partial charge in [-0.3, -0.25) is 4.79 Å². The molecule has 3 aromatic rings. The third kappa shape index (κ3) is 5.68. The molecule has 0 aromatic heterocycles. The molecule has 0 radical (unpaired) electrons. The fourth-order valence-corrected chi connectivity index (χ4v) is 3.93. The van der Waals surface area contributed by atoms with Crippen molar-refractivity contribution in [2.45, 2.75) is 25.3 Å². The predicted molar refractivity (Wildman–Crippen MR) is 117 cm³/mol. The van der Waals surface area contributed by atoms with Crippen LogP contribution in [0.4, 0.5) is 5.69 Å². The van der Waals surface area contributed by atoms with Crippen LogP contribution in [0.5, 0.6) is 5.75 Å². The zero-order valence-electron chi connectivity index (χ0n) is 16.9. The number of aryl methyl sites for hydroxylation is 2. The van der Waals surface area contributed by atoms with Gasteiger partial charge >= 0.3 is 0 Å². The van der Waals surface area contributed by atoms with Gasteiger partial charge in [0.15, 0.2) is 6.61 Å². The molecule has 0 aliphatic rings. The van der Waals surface area contributed by atoms with Crippen LogP contribution in [0.25, 0.3) is 0 Å². The SMILES string of the molecule is Cc1cccc(C)c1NC(=O)COc1ccc(S(=O)(=O)NCc2ccccc2)cc1. The largest absolute Gasteiger partial charge is 0.484 e. The number of ether oxygens (including phenoxy) is 1. The summed E-state index contributed by atoms with van der Waals surface area (Å²) in [5.74, 6) is 0.127. The second-order valence-corrected chi connectivity index (χ2v) is 8.65. The third-order valence-corrected chi connectivity index (χ3v) is 5.98. The summed E-state index contributed by atoms with van der Waals surface area (Å²) in [6.45, 7) is 3.88. The van der Waals surface area contributed by atoms with Gasteiger partial charge in [0, 0.05) is 12.2 Å². The first-order valence-electron chi connectivity index (χ1n) is 9.48. The molecule has 156 valence electrons. The van der Waals surface area contributed by atoms with Gasteiger partial charge in [-0.05, 0) is 54.8 Å². The van der Waals surface area contributed by atoms with Crippen molar-refractivity contribution in [1.29, 1.82) is 0 Å². The van der Waals surface area contributed by atoms with Crippen molar-refractivity contribution in [2.24, 2.45) is 0 Å². The van der Waals surface area contributed by atoms with Crippen molar-refractivity contribution in [3.05, 3.63) is 89.5 Å². The summed E-state index contributed by atoms with van der Waals surface area (Å²) < 4.78 is 32.9. The minimum absolute atomic E-state index is 0.130. The second-order valence-electron chi connectivity index (χ2n) is 6.89. The minimum Gasteiger partial charge on any atom is -0.484 e. The summed E-state index contributed by atoms with van der Waals surface area (Å²) in [5, 5.41) is 2.85. The van der Waals surface area contributed by atoms with Crippen LogP contribution in [0.15, 0.2) is 77.7 Å². The predicted octanol–water partition coefficient (Wildman–Crippen LogP) is 3.80. The Morgan fingerprint density at radius 1 is 0.867 bits per heavy atom. The molecule has 0 saturated carbocycles. The van der Waals surface area contributed by atoms with Crippen LogP contribution in [0.3, 0.4) is 0 Å². The van der Waals surface area contributed by atoms with E-state index in [9.17, 15) is 13.2 Å². The van der Waals surface area contributed by atoms with E-state index in [1.54, 1.807) is 0 Å². The zero-order chi connectivity index (χ0) is 21.6. The minimum atomic E-state index is -3.64. The summed E-state index contributed by atoms with van der Waals surface area (Å²) in [4.78, 5) is 12.3. The first kappa shape index (κ1) is 21.5. The van der Waals surface area contributed by atoms with Crippen LogP contribution >= 0.6 is 0 Å². The lowest BCUT2D eigenvalue weighted by Crippen LogP contribution is -2.23. The highest BCUT2D eigenvalue weighted by Crippen LogP contribution is 2.20. The number of nitrogens with one attached hydrogen (secondary N) is 2. The van der Waals surface area contributed by atoms with Crippen LogP contribution < -0.4 is 14.8 Å². The average Bonchev–Trinajstić information content (AvgIpc) is 2.75. The second kappa shape index (κ2) is 9.56. The molecule has 0 spiro atoms. The van der Waals surface area contributed by atoms with Crippen molar-refractivity contribution in [2.75, 3.05) is 11.9 Å². The highest BCUT2D eigenvalue weighted by molar-refractivity contribution is 7.89. The monoisotopic (exact) mass is 424 g/mol. The Morgan fingerprint density at radius 2 is 1.50 bits per heavy atom. The molecule has 3 rings (SSSR count). The molecule has 0 heterocycles. The molecular formula is C23H24N2O4S. The lowest BCUT2D eigenvalue weighted by Gasteiger charge is -2.12. The van der Waals surface area contributed by atoms with Gasteiger partial charge in [0.2, 0.25) is 10.0 Å². The smallest absolute Gasteiger partial charge is 0.262 e. The fourth-order valence-electron chi connectivity index (χ4n) is 2.91. The van der Waals surface area contributed by atoms with Gasteiger partial charge in [-0.1, -0.05) is 48.5 Å². The van der Waals surface area contributed by atoms with Gasteiger partial charge < -0.3 is 10.1 Å². The normalized spacial score (nSPS) is 11.1. The van der Waals surface area contributed by atoms with Crippen LogP contribution in [0.2, 0.25) is 0 Å². The third-order valence-electron chi connectivity index (χ3n) is 4.56. The van der Waals surface area contributed by atoms with E-state index in [4.69, 9.17) is 4.74 Å². The van der Waals surface area contributed by atoms with Crippen molar-refractivity contribution in [3.63, 3.8) is 0 Å². The summed E-state index contributed by atoms with van der Waals surface area (Å²) in [6, 6.07) is 21.0. The summed E-state index contributed by atoms with van der Waals surface area (Å²) >= 11 is 0. The lowest BCUT2D eigenvalue weighted by molar-refractivity contribution is -0.118. The van der Waals surface area contributed by atoms with E-state index in [1.807, 2.05) is 62.4 Å². The molecule has 0 aliphatic carbocycles. The van der Waals surface area contributed by atoms with Gasteiger partial charge in [0.25, 0.3) is 5.91 Å². The van der Waals surface area contributed by atoms with Crippen molar-refractivity contribution in [3.8, 4) is 5.75 Å². The highest BCUT2D eigenvalue weighted by Gasteiger charge is 2.14. The van der Waals surface area contributed by atoms with Crippen molar-refractivity contribution < 1.29 is 17.9 Å². The number of hydrogen-bond acceptors (Lipinski definition) is 4. The first-order chi connectivity index (χ1) is 14.3. The molecule has 0 unspecified atom stereocenters. The number of anilines is 1. The average molecular weight is 425 g/mol. The van der Waals surface area contributed by atoms with E-state index >= 15 is 0 Å². The maximum atomic E-state index is 12.4. The Hall–Kier alpha value is -3.16. The Bertz CT molecular complexity index is 1090. The van der Waals surface area contributed by atoms with E-state index in [-0.39, 0.29) is 24.0 Å². The standard InChI is InChI=1S/C23H24N2O4S/c1-17-7-6-8-18(2)23(17)25-22(26)16-29-20-11-13-21(14-12-20)30(27,28)24-15-19-9-4-3-5-10-19/h3-14,24H,15-16H2,1-2H3,(H,25,26). The number of hydrogen-bond donors (Lipinski definition) is 2. The maximum Gasteiger partial charge on any atom is 0.262 e. The van der Waals surface area contributed by atoms with Gasteiger partial charge in [-0.15, -0.1) is 0 Å². The van der Waals surface area contributed by atoms with E-state index in [2.05, 4.69) is 10.0 Å². The molecule has 2 N–H and O–H groups in total. The number of rotatable bonds is 8. The van der Waals surface area contributed by atoms with E-state index in [0.717, 1.165) is 22.4 Å². The molecule has 3 aromatic carbocycles. The van der Waals surface area contributed by atoms with E-state index in [1.165, 1.54) is 24.3 Å². The number of amides is 1. The molecule has 0 bridgehead atoms. The lowest BCUT2D eigenvalue weighted by atomic mass is 10.1. The quantitative estimate of drug-likeness (QED) is 0.576. The molecule has 30 heavy (non-hydrogen) atoms. The maximum absolute atomic E-state index is 12.4. The number of benzene rings is 3. The number of carbonyl (C=O) groups is 1. The number of sulfonamides is 1. The van der Waals surface area contributed by atoms with Crippen molar-refractivity contribution >= 4 is 21.6 Å². The van der Waals surface area contributed by atoms with Crippen LogP contribution in [-0.2, 0) is 21.4 Å². The van der Waals surface area contributed by atoms with Crippen LogP contribution in [0.1, 0.15) is 16.7 Å². The van der Waals surface area contributed by atoms with Crippen LogP contribution in [-0.4, -0.2) is 20.9 Å². The molecule has 0 aliphatic heterocycles. The Morgan fingerprint density at radius 3 is 2.13 bits per heavy atom. The van der Waals surface area contributed by atoms with E-state index in [0.29, 0.717) is 5.75 Å². The molecule has 6 nitrogen and oxygen atoms in total. The van der Waals surface area contributed by atoms with Crippen molar-refractivity contribution in [1.82, 2.24) is 4.72 Å². The van der Waals surface area contributed by atoms with E-state index < -0.39 is 10.0 Å². The number of para-hydroxylation sites is 1. The zero-order valence-corrected chi connectivity index (χ0v) is 17.7. The molecule has 1 amide bonds. The Kier molecular flexibility index (Phi) is 6.87. The molecular weight excluding hydrogens is 400 g/mol. The Labute approximate surface area is 177 Å². The molecule has 0 saturated heterocycles. The summed E-state index contributed by atoms with van der Waals surface area (Å²) in [7, 11) is -3.64. The number of carbonyl (C=O) groups excluding carboxylic acids is 1.